The number of methoxy groups -OCH3 is 1. The van der Waals surface area contributed by atoms with Gasteiger partial charge in [0, 0.05) is 13.7 Å². The fraction of sp³-hybridized carbons (Fsp3) is 0.556. The Kier molecular flexibility index (Phi) is 4.19. The van der Waals surface area contributed by atoms with Crippen molar-refractivity contribution >= 4 is 17.2 Å². The van der Waals surface area contributed by atoms with Crippen LogP contribution < -0.4 is 5.73 Å². The molecule has 0 unspecified atom stereocenters. The van der Waals surface area contributed by atoms with Crippen LogP contribution in [0.3, 0.4) is 0 Å². The van der Waals surface area contributed by atoms with E-state index in [0.29, 0.717) is 11.5 Å². The number of hydrogen-bond donors (Lipinski definition) is 2. The zero-order chi connectivity index (χ0) is 11.4. The zero-order valence-electron chi connectivity index (χ0n) is 9.20. The fourth-order valence-electron chi connectivity index (χ4n) is 1.18. The van der Waals surface area contributed by atoms with Crippen molar-refractivity contribution in [1.29, 1.82) is 5.41 Å². The van der Waals surface area contributed by atoms with Gasteiger partial charge in [-0.2, -0.15) is 0 Å². The minimum atomic E-state index is 0.0598. The SMILES string of the molecule is COCc1nc(CN(C)C)sc1C(=N)N. The lowest BCUT2D eigenvalue weighted by Gasteiger charge is -2.04. The molecule has 0 aliphatic carbocycles. The fourth-order valence-corrected chi connectivity index (χ4v) is 2.23. The van der Waals surface area contributed by atoms with Crippen molar-refractivity contribution in [3.8, 4) is 0 Å². The predicted molar refractivity (Wildman–Crippen MR) is 61.2 cm³/mol. The van der Waals surface area contributed by atoms with Crippen molar-refractivity contribution < 1.29 is 4.74 Å². The molecule has 0 atom stereocenters. The van der Waals surface area contributed by atoms with Crippen molar-refractivity contribution in [3.05, 3.63) is 15.6 Å². The van der Waals surface area contributed by atoms with Crippen LogP contribution in [0, 0.1) is 5.41 Å². The molecule has 15 heavy (non-hydrogen) atoms. The standard InChI is InChI=1S/C9H16N4OS/c1-13(2)4-7-12-6(5-14-3)8(15-7)9(10)11/h4-5H2,1-3H3,(H3,10,11). The van der Waals surface area contributed by atoms with Gasteiger partial charge >= 0.3 is 0 Å². The minimum Gasteiger partial charge on any atom is -0.383 e. The Morgan fingerprint density at radius 2 is 2.27 bits per heavy atom. The maximum atomic E-state index is 7.43. The molecule has 1 rings (SSSR count). The van der Waals surface area contributed by atoms with Gasteiger partial charge in [0.15, 0.2) is 0 Å². The molecule has 6 heteroatoms. The third kappa shape index (κ3) is 3.26. The molecule has 0 spiro atoms. The van der Waals surface area contributed by atoms with Crippen molar-refractivity contribution in [2.45, 2.75) is 13.2 Å². The van der Waals surface area contributed by atoms with E-state index in [1.54, 1.807) is 7.11 Å². The van der Waals surface area contributed by atoms with Crippen molar-refractivity contribution in [1.82, 2.24) is 9.88 Å². The second kappa shape index (κ2) is 5.20. The number of hydrogen-bond acceptors (Lipinski definition) is 5. The number of nitrogens with zero attached hydrogens (tertiary/aromatic N) is 2. The van der Waals surface area contributed by atoms with E-state index < -0.39 is 0 Å². The summed E-state index contributed by atoms with van der Waals surface area (Å²) in [5.41, 5.74) is 6.23. The lowest BCUT2D eigenvalue weighted by molar-refractivity contribution is 0.181. The van der Waals surface area contributed by atoms with Crippen LogP contribution in [-0.2, 0) is 17.9 Å². The number of nitrogen functional groups attached to an aromatic ring is 1. The van der Waals surface area contributed by atoms with Gasteiger partial charge in [-0.1, -0.05) is 0 Å². The Hall–Kier alpha value is -0.980. The van der Waals surface area contributed by atoms with Crippen LogP contribution in [0.25, 0.3) is 0 Å². The molecule has 84 valence electrons. The van der Waals surface area contributed by atoms with Gasteiger partial charge in [-0.3, -0.25) is 5.41 Å². The van der Waals surface area contributed by atoms with E-state index in [0.717, 1.165) is 17.2 Å². The van der Waals surface area contributed by atoms with Gasteiger partial charge in [0.05, 0.1) is 17.2 Å². The van der Waals surface area contributed by atoms with Crippen LogP contribution in [0.4, 0.5) is 0 Å². The maximum Gasteiger partial charge on any atom is 0.135 e. The first-order valence-corrected chi connectivity index (χ1v) is 5.33. The normalized spacial score (nSPS) is 10.9. The minimum absolute atomic E-state index is 0.0598. The highest BCUT2D eigenvalue weighted by Crippen LogP contribution is 2.19. The summed E-state index contributed by atoms with van der Waals surface area (Å²) in [4.78, 5) is 7.14. The molecule has 1 heterocycles. The molecule has 0 aliphatic heterocycles. The molecular formula is C9H16N4OS. The molecule has 0 radical (unpaired) electrons. The van der Waals surface area contributed by atoms with Gasteiger partial charge in [-0.15, -0.1) is 11.3 Å². The van der Waals surface area contributed by atoms with Gasteiger partial charge < -0.3 is 15.4 Å². The number of aromatic nitrogens is 1. The summed E-state index contributed by atoms with van der Waals surface area (Å²) >= 11 is 1.45. The van der Waals surface area contributed by atoms with Gasteiger partial charge in [0.2, 0.25) is 0 Å². The van der Waals surface area contributed by atoms with E-state index in [2.05, 4.69) is 4.98 Å². The van der Waals surface area contributed by atoms with E-state index >= 15 is 0 Å². The van der Waals surface area contributed by atoms with E-state index in [4.69, 9.17) is 15.9 Å². The lowest BCUT2D eigenvalue weighted by Crippen LogP contribution is -2.11. The maximum absolute atomic E-state index is 7.43. The third-order valence-corrected chi connectivity index (χ3v) is 2.83. The highest BCUT2D eigenvalue weighted by atomic mass is 32.1. The Morgan fingerprint density at radius 3 is 2.73 bits per heavy atom. The molecule has 0 aromatic carbocycles. The molecule has 1 aromatic rings. The summed E-state index contributed by atoms with van der Waals surface area (Å²) in [6.07, 6.45) is 0. The smallest absolute Gasteiger partial charge is 0.135 e. The molecule has 1 aromatic heterocycles. The average Bonchev–Trinajstić information content (AvgIpc) is 2.47. The number of nitrogens with one attached hydrogen (secondary N) is 1. The van der Waals surface area contributed by atoms with Crippen molar-refractivity contribution in [3.63, 3.8) is 0 Å². The second-order valence-electron chi connectivity index (χ2n) is 3.47. The van der Waals surface area contributed by atoms with E-state index in [1.807, 2.05) is 19.0 Å². The molecule has 0 aliphatic rings. The number of nitrogens with two attached hydrogens (primary N) is 1. The molecule has 5 nitrogen and oxygen atoms in total. The quantitative estimate of drug-likeness (QED) is 0.572. The summed E-state index contributed by atoms with van der Waals surface area (Å²) in [7, 11) is 5.56. The number of amidine groups is 1. The van der Waals surface area contributed by atoms with Crippen molar-refractivity contribution in [2.75, 3.05) is 21.2 Å². The van der Waals surface area contributed by atoms with E-state index in [9.17, 15) is 0 Å². The molecule has 0 bridgehead atoms. The van der Waals surface area contributed by atoms with Crippen LogP contribution in [0.1, 0.15) is 15.6 Å². The number of rotatable bonds is 5. The van der Waals surface area contributed by atoms with Crippen molar-refractivity contribution in [2.24, 2.45) is 5.73 Å². The monoisotopic (exact) mass is 228 g/mol. The Morgan fingerprint density at radius 1 is 1.60 bits per heavy atom. The van der Waals surface area contributed by atoms with E-state index in [1.165, 1.54) is 11.3 Å². The summed E-state index contributed by atoms with van der Waals surface area (Å²) in [5.74, 6) is 0.0598. The summed E-state index contributed by atoms with van der Waals surface area (Å²) in [5, 5.41) is 8.39. The summed E-state index contributed by atoms with van der Waals surface area (Å²) in [6.45, 7) is 1.16. The molecule has 0 amide bonds. The third-order valence-electron chi connectivity index (χ3n) is 1.72. The topological polar surface area (TPSA) is 75.2 Å². The average molecular weight is 228 g/mol. The van der Waals surface area contributed by atoms with Gasteiger partial charge in [-0.05, 0) is 14.1 Å². The van der Waals surface area contributed by atoms with Crippen LogP contribution in [0.5, 0.6) is 0 Å². The lowest BCUT2D eigenvalue weighted by atomic mass is 10.3. The summed E-state index contributed by atoms with van der Waals surface area (Å²) in [6, 6.07) is 0. The second-order valence-corrected chi connectivity index (χ2v) is 4.55. The molecule has 0 saturated heterocycles. The van der Waals surface area contributed by atoms with Crippen LogP contribution in [0.15, 0.2) is 0 Å². The Balaban J connectivity index is 2.93. The highest BCUT2D eigenvalue weighted by molar-refractivity contribution is 7.13. The predicted octanol–water partition coefficient (Wildman–Crippen LogP) is 0.635. The molecular weight excluding hydrogens is 212 g/mol. The zero-order valence-corrected chi connectivity index (χ0v) is 10.0. The first kappa shape index (κ1) is 12.1. The molecule has 3 N–H and O–H groups in total. The highest BCUT2D eigenvalue weighted by Gasteiger charge is 2.13. The first-order chi connectivity index (χ1) is 7.04. The number of thiazole rings is 1. The van der Waals surface area contributed by atoms with Crippen LogP contribution >= 0.6 is 11.3 Å². The largest absolute Gasteiger partial charge is 0.383 e. The first-order valence-electron chi connectivity index (χ1n) is 4.51. The van der Waals surface area contributed by atoms with Gasteiger partial charge in [-0.25, -0.2) is 4.98 Å². The Labute approximate surface area is 93.4 Å². The number of ether oxygens (including phenoxy) is 1. The van der Waals surface area contributed by atoms with E-state index in [-0.39, 0.29) is 5.84 Å². The molecule has 0 fully saturated rings. The van der Waals surface area contributed by atoms with Gasteiger partial charge in [0.25, 0.3) is 0 Å². The van der Waals surface area contributed by atoms with Crippen LogP contribution in [0.2, 0.25) is 0 Å². The van der Waals surface area contributed by atoms with Gasteiger partial charge in [0.1, 0.15) is 10.8 Å². The molecule has 0 saturated carbocycles. The Bertz CT molecular complexity index is 348. The summed E-state index contributed by atoms with van der Waals surface area (Å²) < 4.78 is 5.02. The van der Waals surface area contributed by atoms with Crippen LogP contribution in [-0.4, -0.2) is 36.9 Å².